The van der Waals surface area contributed by atoms with Crippen LogP contribution in [-0.2, 0) is 16.1 Å². The van der Waals surface area contributed by atoms with Gasteiger partial charge >= 0.3 is 0 Å². The van der Waals surface area contributed by atoms with E-state index in [1.54, 1.807) is 17.4 Å². The first-order valence-corrected chi connectivity index (χ1v) is 9.55. The summed E-state index contributed by atoms with van der Waals surface area (Å²) < 4.78 is 11.6. The Morgan fingerprint density at radius 1 is 1.42 bits per heavy atom. The molecule has 0 unspecified atom stereocenters. The fraction of sp³-hybridized carbons (Fsp3) is 0.400. The van der Waals surface area contributed by atoms with Crippen molar-refractivity contribution in [2.75, 3.05) is 19.7 Å². The Kier molecular flexibility index (Phi) is 5.74. The molecule has 0 bridgehead atoms. The van der Waals surface area contributed by atoms with Crippen LogP contribution in [0.3, 0.4) is 0 Å². The predicted octanol–water partition coefficient (Wildman–Crippen LogP) is 3.68. The van der Waals surface area contributed by atoms with Gasteiger partial charge < -0.3 is 14.4 Å². The third-order valence-electron chi connectivity index (χ3n) is 4.10. The minimum atomic E-state index is -0.297. The van der Waals surface area contributed by atoms with Crippen molar-refractivity contribution >= 4 is 23.3 Å². The molecule has 0 N–H and O–H groups in total. The lowest BCUT2D eigenvalue weighted by Gasteiger charge is -2.37. The van der Waals surface area contributed by atoms with Crippen LogP contribution in [0.15, 0.2) is 35.7 Å². The average molecular weight is 372 g/mol. The van der Waals surface area contributed by atoms with Crippen molar-refractivity contribution in [2.24, 2.45) is 0 Å². The molecule has 0 saturated carbocycles. The second kappa shape index (κ2) is 8.01. The molecule has 0 spiro atoms. The zero-order chi connectivity index (χ0) is 18.6. The number of benzene rings is 1. The summed E-state index contributed by atoms with van der Waals surface area (Å²) in [7, 11) is 0. The van der Waals surface area contributed by atoms with E-state index in [0.717, 1.165) is 22.0 Å². The summed E-state index contributed by atoms with van der Waals surface area (Å²) in [6.45, 7) is 8.17. The Hall–Kier alpha value is -2.18. The van der Waals surface area contributed by atoms with Crippen molar-refractivity contribution in [3.63, 3.8) is 0 Å². The van der Waals surface area contributed by atoms with Crippen LogP contribution in [0.25, 0.3) is 6.08 Å². The van der Waals surface area contributed by atoms with E-state index < -0.39 is 0 Å². The van der Waals surface area contributed by atoms with E-state index in [1.165, 1.54) is 0 Å². The molecule has 1 aliphatic rings. The molecule has 1 aromatic heterocycles. The van der Waals surface area contributed by atoms with Gasteiger partial charge in [0.1, 0.15) is 12.4 Å². The summed E-state index contributed by atoms with van der Waals surface area (Å²) in [6, 6.07) is 7.70. The molecule has 1 fully saturated rings. The number of thiazole rings is 1. The molecule has 2 aromatic rings. The topological polar surface area (TPSA) is 51.7 Å². The molecule has 1 aromatic carbocycles. The van der Waals surface area contributed by atoms with E-state index in [-0.39, 0.29) is 11.5 Å². The third kappa shape index (κ3) is 4.93. The molecule has 1 aliphatic heterocycles. The van der Waals surface area contributed by atoms with Crippen molar-refractivity contribution in [1.29, 1.82) is 0 Å². The Morgan fingerprint density at radius 3 is 2.96 bits per heavy atom. The number of para-hydroxylation sites is 1. The second-order valence-corrected chi connectivity index (χ2v) is 7.95. The highest BCUT2D eigenvalue weighted by Gasteiger charge is 2.28. The maximum Gasteiger partial charge on any atom is 0.246 e. The van der Waals surface area contributed by atoms with Crippen LogP contribution in [-0.4, -0.2) is 41.1 Å². The van der Waals surface area contributed by atoms with Gasteiger partial charge in [-0.1, -0.05) is 18.2 Å². The third-order valence-corrected chi connectivity index (χ3v) is 4.93. The number of rotatable bonds is 5. The maximum atomic E-state index is 12.5. The van der Waals surface area contributed by atoms with Gasteiger partial charge in [-0.05, 0) is 32.9 Å². The Bertz CT molecular complexity index is 798. The van der Waals surface area contributed by atoms with Crippen molar-refractivity contribution in [2.45, 2.75) is 33.0 Å². The van der Waals surface area contributed by atoms with Crippen LogP contribution in [0.5, 0.6) is 5.75 Å². The van der Waals surface area contributed by atoms with Gasteiger partial charge in [-0.2, -0.15) is 0 Å². The summed E-state index contributed by atoms with van der Waals surface area (Å²) in [5.41, 5.74) is 1.49. The number of aryl methyl sites for hydroxylation is 1. The van der Waals surface area contributed by atoms with Gasteiger partial charge in [0.25, 0.3) is 0 Å². The van der Waals surface area contributed by atoms with Crippen molar-refractivity contribution in [1.82, 2.24) is 9.88 Å². The van der Waals surface area contributed by atoms with E-state index in [1.807, 2.05) is 61.4 Å². The summed E-state index contributed by atoms with van der Waals surface area (Å²) >= 11 is 1.61. The number of hydrogen-bond donors (Lipinski definition) is 0. The number of aromatic nitrogens is 1. The average Bonchev–Trinajstić information content (AvgIpc) is 3.03. The molecule has 2 heterocycles. The number of carbonyl (C=O) groups excluding carboxylic acids is 1. The molecule has 5 nitrogen and oxygen atoms in total. The first kappa shape index (κ1) is 18.6. The summed E-state index contributed by atoms with van der Waals surface area (Å²) in [5, 5.41) is 3.02. The van der Waals surface area contributed by atoms with Gasteiger partial charge in [0.15, 0.2) is 0 Å². The Balaban J connectivity index is 1.65. The number of carbonyl (C=O) groups is 1. The molecule has 0 radical (unpaired) electrons. The lowest BCUT2D eigenvalue weighted by Crippen LogP contribution is -2.50. The molecule has 1 amide bonds. The van der Waals surface area contributed by atoms with E-state index in [4.69, 9.17) is 9.47 Å². The fourth-order valence-corrected chi connectivity index (χ4v) is 3.44. The SMILES string of the molecule is Cc1nc(COc2ccccc2C=CC(=O)N2CCOC(C)(C)C2)cs1. The normalized spacial score (nSPS) is 16.8. The minimum Gasteiger partial charge on any atom is -0.487 e. The quantitative estimate of drug-likeness (QED) is 0.751. The predicted molar refractivity (Wildman–Crippen MR) is 103 cm³/mol. The van der Waals surface area contributed by atoms with Crippen molar-refractivity contribution in [3.8, 4) is 5.75 Å². The van der Waals surface area contributed by atoms with Crippen LogP contribution in [0.2, 0.25) is 0 Å². The summed E-state index contributed by atoms with van der Waals surface area (Å²) in [6.07, 6.45) is 3.42. The van der Waals surface area contributed by atoms with Crippen LogP contribution < -0.4 is 4.74 Å². The molecule has 6 heteroatoms. The van der Waals surface area contributed by atoms with Gasteiger partial charge in [0.05, 0.1) is 22.9 Å². The molecule has 0 aliphatic carbocycles. The summed E-state index contributed by atoms with van der Waals surface area (Å²) in [4.78, 5) is 18.7. The van der Waals surface area contributed by atoms with Crippen LogP contribution in [0.4, 0.5) is 0 Å². The molecule has 0 atom stereocenters. The highest BCUT2D eigenvalue weighted by molar-refractivity contribution is 7.09. The maximum absolute atomic E-state index is 12.5. The van der Waals surface area contributed by atoms with Gasteiger partial charge in [0.2, 0.25) is 5.91 Å². The van der Waals surface area contributed by atoms with E-state index >= 15 is 0 Å². The first-order chi connectivity index (χ1) is 12.4. The number of nitrogens with zero attached hydrogens (tertiary/aromatic N) is 2. The Labute approximate surface area is 158 Å². The first-order valence-electron chi connectivity index (χ1n) is 8.67. The smallest absolute Gasteiger partial charge is 0.246 e. The second-order valence-electron chi connectivity index (χ2n) is 6.89. The molecular formula is C20H24N2O3S. The van der Waals surface area contributed by atoms with Crippen LogP contribution >= 0.6 is 11.3 Å². The molecule has 26 heavy (non-hydrogen) atoms. The van der Waals surface area contributed by atoms with E-state index in [9.17, 15) is 4.79 Å². The van der Waals surface area contributed by atoms with Gasteiger partial charge in [0, 0.05) is 30.1 Å². The summed E-state index contributed by atoms with van der Waals surface area (Å²) in [5.74, 6) is 0.732. The standard InChI is InChI=1S/C20H24N2O3S/c1-15-21-17(13-26-15)12-24-18-7-5-4-6-16(18)8-9-19(23)22-10-11-25-20(2,3)14-22/h4-9,13H,10-12,14H2,1-3H3. The number of amides is 1. The van der Waals surface area contributed by atoms with Crippen LogP contribution in [0.1, 0.15) is 30.1 Å². The lowest BCUT2D eigenvalue weighted by molar-refractivity contribution is -0.140. The number of hydrogen-bond acceptors (Lipinski definition) is 5. The minimum absolute atomic E-state index is 0.00805. The fourth-order valence-electron chi connectivity index (χ4n) is 2.85. The molecule has 1 saturated heterocycles. The Morgan fingerprint density at radius 2 is 2.23 bits per heavy atom. The van der Waals surface area contributed by atoms with E-state index in [0.29, 0.717) is 26.3 Å². The van der Waals surface area contributed by atoms with Crippen molar-refractivity contribution in [3.05, 3.63) is 52.0 Å². The highest BCUT2D eigenvalue weighted by atomic mass is 32.1. The highest BCUT2D eigenvalue weighted by Crippen LogP contribution is 2.22. The lowest BCUT2D eigenvalue weighted by atomic mass is 10.1. The molecular weight excluding hydrogens is 348 g/mol. The van der Waals surface area contributed by atoms with Gasteiger partial charge in [-0.3, -0.25) is 4.79 Å². The van der Waals surface area contributed by atoms with Gasteiger partial charge in [-0.15, -0.1) is 11.3 Å². The molecule has 138 valence electrons. The monoisotopic (exact) mass is 372 g/mol. The van der Waals surface area contributed by atoms with Crippen molar-refractivity contribution < 1.29 is 14.3 Å². The number of ether oxygens (including phenoxy) is 2. The van der Waals surface area contributed by atoms with Gasteiger partial charge in [-0.25, -0.2) is 4.98 Å². The number of morpholine rings is 1. The van der Waals surface area contributed by atoms with Crippen LogP contribution in [0, 0.1) is 6.92 Å². The zero-order valence-corrected chi connectivity index (χ0v) is 16.2. The van der Waals surface area contributed by atoms with E-state index in [2.05, 4.69) is 4.98 Å². The zero-order valence-electron chi connectivity index (χ0n) is 15.4. The largest absolute Gasteiger partial charge is 0.487 e. The molecule has 3 rings (SSSR count).